The number of carboxylic acids is 1. The van der Waals surface area contributed by atoms with Crippen LogP contribution in [0.15, 0.2) is 5.16 Å². The first kappa shape index (κ1) is 17.9. The van der Waals surface area contributed by atoms with Gasteiger partial charge in [0.25, 0.3) is 0 Å². The van der Waals surface area contributed by atoms with Crippen LogP contribution < -0.4 is 5.32 Å². The molecule has 0 heterocycles. The number of aliphatic carboxylic acids is 1. The van der Waals surface area contributed by atoms with Crippen molar-refractivity contribution in [1.29, 1.82) is 0 Å². The summed E-state index contributed by atoms with van der Waals surface area (Å²) in [7, 11) is 1.19. The molecule has 1 rings (SSSR count). The first-order chi connectivity index (χ1) is 10.4. The van der Waals surface area contributed by atoms with Gasteiger partial charge < -0.3 is 15.2 Å². The summed E-state index contributed by atoms with van der Waals surface area (Å²) >= 11 is 0. The Bertz CT molecular complexity index is 454. The van der Waals surface area contributed by atoms with Gasteiger partial charge in [-0.3, -0.25) is 9.63 Å². The lowest BCUT2D eigenvalue weighted by atomic mass is 9.72. The maximum atomic E-state index is 11.6. The SMILES string of the molecule is COC(=O)/C(C)=N\OC(=O)NCC1(CC(=O)O)CCCCC1. The summed E-state index contributed by atoms with van der Waals surface area (Å²) in [5.41, 5.74) is -0.528. The fourth-order valence-corrected chi connectivity index (χ4v) is 2.63. The Morgan fingerprint density at radius 3 is 2.41 bits per heavy atom. The van der Waals surface area contributed by atoms with E-state index in [1.165, 1.54) is 14.0 Å². The van der Waals surface area contributed by atoms with Crippen LogP contribution in [0.25, 0.3) is 0 Å². The number of amides is 1. The zero-order valence-electron chi connectivity index (χ0n) is 12.9. The van der Waals surface area contributed by atoms with Crippen LogP contribution in [-0.4, -0.2) is 42.5 Å². The molecular formula is C14H22N2O6. The lowest BCUT2D eigenvalue weighted by Crippen LogP contribution is -2.40. The van der Waals surface area contributed by atoms with Gasteiger partial charge in [-0.25, -0.2) is 9.59 Å². The fraction of sp³-hybridized carbons (Fsp3) is 0.714. The molecule has 1 amide bonds. The van der Waals surface area contributed by atoms with Crippen molar-refractivity contribution < 1.29 is 29.1 Å². The summed E-state index contributed by atoms with van der Waals surface area (Å²) in [5.74, 6) is -1.57. The first-order valence-corrected chi connectivity index (χ1v) is 7.18. The minimum absolute atomic E-state index is 0.0116. The van der Waals surface area contributed by atoms with Gasteiger partial charge >= 0.3 is 18.0 Å². The number of carboxylic acid groups (broad SMARTS) is 1. The third-order valence-electron chi connectivity index (χ3n) is 3.79. The number of nitrogens with zero attached hydrogens (tertiary/aromatic N) is 1. The number of hydrogen-bond donors (Lipinski definition) is 2. The summed E-state index contributed by atoms with van der Waals surface area (Å²) in [4.78, 5) is 38.2. The van der Waals surface area contributed by atoms with Crippen molar-refractivity contribution in [3.05, 3.63) is 0 Å². The maximum Gasteiger partial charge on any atom is 0.433 e. The standard InChI is InChI=1S/C14H22N2O6/c1-10(12(19)21-2)16-22-13(20)15-9-14(8-11(17)18)6-4-3-5-7-14/h3-9H2,1-2H3,(H,15,20)(H,17,18)/b16-10-. The van der Waals surface area contributed by atoms with Crippen molar-refractivity contribution in [2.45, 2.75) is 45.4 Å². The Labute approximate surface area is 128 Å². The molecule has 2 N–H and O–H groups in total. The lowest BCUT2D eigenvalue weighted by Gasteiger charge is -2.35. The Morgan fingerprint density at radius 1 is 1.23 bits per heavy atom. The van der Waals surface area contributed by atoms with Gasteiger partial charge in [0.1, 0.15) is 0 Å². The number of oxime groups is 1. The van der Waals surface area contributed by atoms with Crippen LogP contribution in [0.1, 0.15) is 45.4 Å². The highest BCUT2D eigenvalue weighted by molar-refractivity contribution is 6.35. The van der Waals surface area contributed by atoms with Crippen LogP contribution in [-0.2, 0) is 19.2 Å². The molecule has 1 fully saturated rings. The normalized spacial score (nSPS) is 17.5. The summed E-state index contributed by atoms with van der Waals surface area (Å²) < 4.78 is 4.41. The molecule has 124 valence electrons. The minimum Gasteiger partial charge on any atom is -0.481 e. The third-order valence-corrected chi connectivity index (χ3v) is 3.79. The number of ether oxygens (including phenoxy) is 1. The first-order valence-electron chi connectivity index (χ1n) is 7.18. The van der Waals surface area contributed by atoms with Crippen LogP contribution in [0.4, 0.5) is 4.79 Å². The molecule has 0 aromatic heterocycles. The molecule has 0 radical (unpaired) electrons. The van der Waals surface area contributed by atoms with E-state index in [-0.39, 0.29) is 18.7 Å². The quantitative estimate of drug-likeness (QED) is 0.334. The molecule has 22 heavy (non-hydrogen) atoms. The number of carbonyl (C=O) groups is 3. The molecule has 0 spiro atoms. The molecule has 1 aliphatic carbocycles. The number of methoxy groups -OCH3 is 1. The highest BCUT2D eigenvalue weighted by atomic mass is 16.7. The summed E-state index contributed by atoms with van der Waals surface area (Å²) in [6, 6.07) is 0. The summed E-state index contributed by atoms with van der Waals surface area (Å²) in [6.07, 6.45) is 3.67. The average molecular weight is 314 g/mol. The molecule has 0 atom stereocenters. The largest absolute Gasteiger partial charge is 0.481 e. The molecule has 0 saturated heterocycles. The van der Waals surface area contributed by atoms with E-state index in [1.807, 2.05) is 0 Å². The second kappa shape index (κ2) is 8.35. The second-order valence-corrected chi connectivity index (χ2v) is 5.53. The zero-order chi connectivity index (χ0) is 16.6. The molecule has 0 aliphatic heterocycles. The van der Waals surface area contributed by atoms with E-state index >= 15 is 0 Å². The second-order valence-electron chi connectivity index (χ2n) is 5.53. The van der Waals surface area contributed by atoms with Gasteiger partial charge in [0, 0.05) is 6.54 Å². The zero-order valence-corrected chi connectivity index (χ0v) is 12.9. The number of carbonyl (C=O) groups excluding carboxylic acids is 2. The molecule has 8 heteroatoms. The van der Waals surface area contributed by atoms with Crippen molar-refractivity contribution in [3.63, 3.8) is 0 Å². The van der Waals surface area contributed by atoms with Crippen molar-refractivity contribution in [2.75, 3.05) is 13.7 Å². The van der Waals surface area contributed by atoms with Crippen molar-refractivity contribution in [2.24, 2.45) is 10.6 Å². The van der Waals surface area contributed by atoms with Crippen LogP contribution >= 0.6 is 0 Å². The van der Waals surface area contributed by atoms with E-state index in [9.17, 15) is 14.4 Å². The van der Waals surface area contributed by atoms with Gasteiger partial charge in [0.05, 0.1) is 13.5 Å². The number of hydrogen-bond acceptors (Lipinski definition) is 6. The molecule has 0 aromatic rings. The van der Waals surface area contributed by atoms with E-state index in [4.69, 9.17) is 5.11 Å². The summed E-state index contributed by atoms with van der Waals surface area (Å²) in [6.45, 7) is 1.57. The predicted molar refractivity (Wildman–Crippen MR) is 77.4 cm³/mol. The highest BCUT2D eigenvalue weighted by Gasteiger charge is 2.34. The molecule has 0 aromatic carbocycles. The molecule has 0 bridgehead atoms. The molecule has 1 aliphatic rings. The van der Waals surface area contributed by atoms with E-state index in [0.717, 1.165) is 32.1 Å². The summed E-state index contributed by atoms with van der Waals surface area (Å²) in [5, 5.41) is 14.9. The maximum absolute atomic E-state index is 11.6. The minimum atomic E-state index is -0.878. The van der Waals surface area contributed by atoms with Gasteiger partial charge in [0.2, 0.25) is 0 Å². The lowest BCUT2D eigenvalue weighted by molar-refractivity contribution is -0.140. The highest BCUT2D eigenvalue weighted by Crippen LogP contribution is 2.38. The topological polar surface area (TPSA) is 114 Å². The Morgan fingerprint density at radius 2 is 1.86 bits per heavy atom. The number of rotatable bonds is 6. The molecule has 0 unspecified atom stereocenters. The van der Waals surface area contributed by atoms with Gasteiger partial charge in [-0.15, -0.1) is 0 Å². The average Bonchev–Trinajstić information content (AvgIpc) is 2.50. The van der Waals surface area contributed by atoms with E-state index in [1.54, 1.807) is 0 Å². The van der Waals surface area contributed by atoms with Gasteiger partial charge in [-0.2, -0.15) is 0 Å². The van der Waals surface area contributed by atoms with E-state index in [2.05, 4.69) is 20.0 Å². The van der Waals surface area contributed by atoms with Crippen LogP contribution in [0.3, 0.4) is 0 Å². The van der Waals surface area contributed by atoms with Crippen LogP contribution in [0.2, 0.25) is 0 Å². The van der Waals surface area contributed by atoms with Crippen molar-refractivity contribution >= 4 is 23.7 Å². The van der Waals surface area contributed by atoms with Gasteiger partial charge in [-0.05, 0) is 25.2 Å². The Kier molecular flexibility index (Phi) is 6.81. The number of esters is 1. The van der Waals surface area contributed by atoms with Crippen molar-refractivity contribution in [3.8, 4) is 0 Å². The number of nitrogens with one attached hydrogen (secondary N) is 1. The van der Waals surface area contributed by atoms with Gasteiger partial charge in [0.15, 0.2) is 5.71 Å². The van der Waals surface area contributed by atoms with Crippen LogP contribution in [0, 0.1) is 5.41 Å². The molecular weight excluding hydrogens is 292 g/mol. The smallest absolute Gasteiger partial charge is 0.433 e. The third kappa shape index (κ3) is 5.71. The monoisotopic (exact) mass is 314 g/mol. The predicted octanol–water partition coefficient (Wildman–Crippen LogP) is 1.69. The van der Waals surface area contributed by atoms with E-state index in [0.29, 0.717) is 0 Å². The van der Waals surface area contributed by atoms with Gasteiger partial charge in [-0.1, -0.05) is 24.4 Å². The van der Waals surface area contributed by atoms with Crippen molar-refractivity contribution in [1.82, 2.24) is 5.32 Å². The van der Waals surface area contributed by atoms with E-state index < -0.39 is 23.4 Å². The Hall–Kier alpha value is -2.12. The fourth-order valence-electron chi connectivity index (χ4n) is 2.63. The Balaban J connectivity index is 2.52. The van der Waals surface area contributed by atoms with Crippen LogP contribution in [0.5, 0.6) is 0 Å². The molecule has 8 nitrogen and oxygen atoms in total. The molecule has 1 saturated carbocycles.